The topological polar surface area (TPSA) is 132 Å². The van der Waals surface area contributed by atoms with E-state index in [1.807, 2.05) is 20.8 Å². The van der Waals surface area contributed by atoms with Gasteiger partial charge in [-0.25, -0.2) is 19.0 Å². The van der Waals surface area contributed by atoms with Crippen molar-refractivity contribution in [1.29, 1.82) is 0 Å². The van der Waals surface area contributed by atoms with Crippen LogP contribution in [0.3, 0.4) is 0 Å². The minimum atomic E-state index is -0.548. The molecule has 4 aromatic rings. The monoisotopic (exact) mass is 538 g/mol. The average molecular weight is 539 g/mol. The fourth-order valence-corrected chi connectivity index (χ4v) is 5.06. The van der Waals surface area contributed by atoms with Crippen LogP contribution in [0.2, 0.25) is 0 Å². The van der Waals surface area contributed by atoms with E-state index in [9.17, 15) is 14.0 Å². The predicted molar refractivity (Wildman–Crippen MR) is 142 cm³/mol. The van der Waals surface area contributed by atoms with E-state index < -0.39 is 11.4 Å². The highest BCUT2D eigenvalue weighted by atomic mass is 19.1. The molecule has 0 radical (unpaired) electrons. The van der Waals surface area contributed by atoms with Gasteiger partial charge in [-0.3, -0.25) is 9.13 Å². The van der Waals surface area contributed by atoms with E-state index in [0.717, 1.165) is 0 Å². The van der Waals surface area contributed by atoms with Gasteiger partial charge in [-0.15, -0.1) is 0 Å². The number of rotatable bonds is 5. The van der Waals surface area contributed by atoms with Gasteiger partial charge in [0.2, 0.25) is 5.95 Å². The summed E-state index contributed by atoms with van der Waals surface area (Å²) in [6, 6.07) is 4.26. The Kier molecular flexibility index (Phi) is 6.25. The molecule has 2 aliphatic heterocycles. The number of carbonyl (C=O) groups is 1. The van der Waals surface area contributed by atoms with Gasteiger partial charge < -0.3 is 24.7 Å². The molecule has 1 aromatic carbocycles. The van der Waals surface area contributed by atoms with Gasteiger partial charge >= 0.3 is 11.8 Å². The predicted octanol–water partition coefficient (Wildman–Crippen LogP) is 3.23. The summed E-state index contributed by atoms with van der Waals surface area (Å²) in [6.45, 7) is 8.27. The van der Waals surface area contributed by atoms with Crippen molar-refractivity contribution in [3.05, 3.63) is 40.8 Å². The number of amides is 1. The molecule has 0 saturated carbocycles. The van der Waals surface area contributed by atoms with Gasteiger partial charge in [-0.2, -0.15) is 9.97 Å². The maximum absolute atomic E-state index is 14.1. The second-order valence-electron chi connectivity index (χ2n) is 11.1. The summed E-state index contributed by atoms with van der Waals surface area (Å²) >= 11 is 0. The second-order valence-corrected chi connectivity index (χ2v) is 11.1. The Morgan fingerprint density at radius 1 is 1.23 bits per heavy atom. The van der Waals surface area contributed by atoms with E-state index in [-0.39, 0.29) is 29.7 Å². The molecule has 2 N–H and O–H groups in total. The van der Waals surface area contributed by atoms with E-state index in [2.05, 4.69) is 15.3 Å². The van der Waals surface area contributed by atoms with Gasteiger partial charge in [0.25, 0.3) is 0 Å². The van der Waals surface area contributed by atoms with Crippen LogP contribution in [-0.2, 0) is 9.47 Å². The molecule has 5 heterocycles. The van der Waals surface area contributed by atoms with Crippen LogP contribution in [0.25, 0.3) is 28.1 Å². The molecule has 0 aliphatic carbocycles. The van der Waals surface area contributed by atoms with Gasteiger partial charge in [0, 0.05) is 50.9 Å². The Labute approximate surface area is 223 Å². The molecule has 206 valence electrons. The summed E-state index contributed by atoms with van der Waals surface area (Å²) < 4.78 is 28.3. The number of hydrogen-bond acceptors (Lipinski definition) is 8. The zero-order valence-electron chi connectivity index (χ0n) is 22.1. The molecule has 0 unspecified atom stereocenters. The molecule has 2 fully saturated rings. The van der Waals surface area contributed by atoms with Gasteiger partial charge in [-0.05, 0) is 45.7 Å². The molecule has 3 aromatic heterocycles. The highest BCUT2D eigenvalue weighted by Crippen LogP contribution is 2.28. The zero-order chi connectivity index (χ0) is 27.3. The highest BCUT2D eigenvalue weighted by Gasteiger charge is 2.34. The number of likely N-dealkylation sites (tertiary alicyclic amines) is 1. The molecule has 39 heavy (non-hydrogen) atoms. The molecule has 6 rings (SSSR count). The van der Waals surface area contributed by atoms with Gasteiger partial charge in [0.05, 0.1) is 11.0 Å². The molecule has 2 aliphatic rings. The number of fused-ring (bicyclic) bond motifs is 2. The third-order valence-corrected chi connectivity index (χ3v) is 7.00. The lowest BCUT2D eigenvalue weighted by atomic mass is 10.0. The summed E-state index contributed by atoms with van der Waals surface area (Å²) in [5.41, 5.74) is 1.25. The number of aromatic amines is 1. The van der Waals surface area contributed by atoms with Crippen LogP contribution < -0.4 is 11.0 Å². The molecule has 0 bridgehead atoms. The summed E-state index contributed by atoms with van der Waals surface area (Å²) in [6.07, 6.45) is 2.60. The lowest BCUT2D eigenvalue weighted by Crippen LogP contribution is -2.53. The van der Waals surface area contributed by atoms with Crippen LogP contribution in [0.15, 0.2) is 29.3 Å². The molecule has 1 amide bonds. The van der Waals surface area contributed by atoms with E-state index in [4.69, 9.17) is 19.4 Å². The number of imidazole rings is 2. The van der Waals surface area contributed by atoms with Crippen molar-refractivity contribution in [3.8, 4) is 5.95 Å². The minimum Gasteiger partial charge on any atom is -0.444 e. The first kappa shape index (κ1) is 25.3. The highest BCUT2D eigenvalue weighted by molar-refractivity contribution is 5.84. The van der Waals surface area contributed by atoms with Crippen molar-refractivity contribution < 1.29 is 18.7 Å². The van der Waals surface area contributed by atoms with Gasteiger partial charge in [-0.1, -0.05) is 0 Å². The molecule has 2 saturated heterocycles. The standard InChI is InChI=1S/C26H31FN8O4/c1-26(2,3)39-25(37)33-12-15(13-33)11-28-21-20-22(35(24(36)30-20)17-6-8-38-9-7-17)32-23(31-21)34-14-29-18-5-4-16(27)10-19(18)34/h4-5,10,14-15,17H,6-9,11-13H2,1-3H3,(H,30,36)(H,28,31,32). The van der Waals surface area contributed by atoms with E-state index in [1.165, 1.54) is 12.1 Å². The van der Waals surface area contributed by atoms with Crippen molar-refractivity contribution in [2.24, 2.45) is 5.92 Å². The van der Waals surface area contributed by atoms with Crippen molar-refractivity contribution >= 4 is 34.1 Å². The molecule has 0 atom stereocenters. The zero-order valence-corrected chi connectivity index (χ0v) is 22.1. The van der Waals surface area contributed by atoms with Crippen LogP contribution in [0.1, 0.15) is 39.7 Å². The smallest absolute Gasteiger partial charge is 0.410 e. The first-order chi connectivity index (χ1) is 18.7. The van der Waals surface area contributed by atoms with Crippen LogP contribution >= 0.6 is 0 Å². The Hall–Kier alpha value is -4.00. The van der Waals surface area contributed by atoms with Crippen molar-refractivity contribution in [2.45, 2.75) is 45.3 Å². The van der Waals surface area contributed by atoms with E-state index >= 15 is 0 Å². The van der Waals surface area contributed by atoms with Crippen molar-refractivity contribution in [1.82, 2.24) is 34.0 Å². The molecular weight excluding hydrogens is 507 g/mol. The first-order valence-electron chi connectivity index (χ1n) is 13.1. The Morgan fingerprint density at radius 2 is 2.00 bits per heavy atom. The normalized spacial score (nSPS) is 17.1. The molecule has 13 heteroatoms. The van der Waals surface area contributed by atoms with Gasteiger partial charge in [0.15, 0.2) is 11.5 Å². The third-order valence-electron chi connectivity index (χ3n) is 7.00. The number of H-pyrrole nitrogens is 1. The van der Waals surface area contributed by atoms with E-state index in [0.29, 0.717) is 73.7 Å². The summed E-state index contributed by atoms with van der Waals surface area (Å²) in [7, 11) is 0. The Bertz CT molecular complexity index is 1590. The van der Waals surface area contributed by atoms with Crippen molar-refractivity contribution in [3.63, 3.8) is 0 Å². The van der Waals surface area contributed by atoms with Crippen LogP contribution in [0.5, 0.6) is 0 Å². The number of anilines is 1. The SMILES string of the molecule is CC(C)(C)OC(=O)N1CC(CNc2nc(-n3cnc4ccc(F)cc43)nc3c2[nH]c(=O)n3C2CCOCC2)C1. The molecule has 0 spiro atoms. The number of aromatic nitrogens is 6. The second kappa shape index (κ2) is 9.63. The maximum Gasteiger partial charge on any atom is 0.410 e. The maximum atomic E-state index is 14.1. The van der Waals surface area contributed by atoms with Crippen LogP contribution in [-0.4, -0.2) is 78.5 Å². The fourth-order valence-electron chi connectivity index (χ4n) is 5.06. The van der Waals surface area contributed by atoms with Crippen molar-refractivity contribution in [2.75, 3.05) is 38.2 Å². The summed E-state index contributed by atoms with van der Waals surface area (Å²) in [5.74, 6) is 0.496. The van der Waals surface area contributed by atoms with Gasteiger partial charge in [0.1, 0.15) is 23.3 Å². The summed E-state index contributed by atoms with van der Waals surface area (Å²) in [4.78, 5) is 43.9. The lowest BCUT2D eigenvalue weighted by molar-refractivity contribution is 0.000837. The third kappa shape index (κ3) is 4.93. The summed E-state index contributed by atoms with van der Waals surface area (Å²) in [5, 5.41) is 3.36. The number of carbonyl (C=O) groups excluding carboxylic acids is 1. The Morgan fingerprint density at radius 3 is 2.74 bits per heavy atom. The average Bonchev–Trinajstić information content (AvgIpc) is 3.42. The first-order valence-corrected chi connectivity index (χ1v) is 13.1. The number of nitrogens with one attached hydrogen (secondary N) is 2. The number of ether oxygens (including phenoxy) is 2. The fraction of sp³-hybridized carbons (Fsp3) is 0.500. The number of nitrogens with zero attached hydrogens (tertiary/aromatic N) is 6. The largest absolute Gasteiger partial charge is 0.444 e. The van der Waals surface area contributed by atoms with Crippen LogP contribution in [0, 0.1) is 11.7 Å². The van der Waals surface area contributed by atoms with Crippen LogP contribution in [0.4, 0.5) is 15.0 Å². The lowest BCUT2D eigenvalue weighted by Gasteiger charge is -2.39. The number of hydrogen-bond donors (Lipinski definition) is 2. The molecular formula is C26H31FN8O4. The quantitative estimate of drug-likeness (QED) is 0.396. The van der Waals surface area contributed by atoms with E-state index in [1.54, 1.807) is 26.4 Å². The number of halogens is 1. The molecule has 12 nitrogen and oxygen atoms in total. The Balaban J connectivity index is 1.33. The number of benzene rings is 1. The minimum absolute atomic E-state index is 0.0680.